The summed E-state index contributed by atoms with van der Waals surface area (Å²) in [5, 5.41) is 15.1. The minimum Gasteiger partial charge on any atom is -0.492 e. The molecule has 0 amide bonds. The van der Waals surface area contributed by atoms with Gasteiger partial charge >= 0.3 is 0 Å². The molecule has 9 nitrogen and oxygen atoms in total. The van der Waals surface area contributed by atoms with Gasteiger partial charge in [0.2, 0.25) is 5.88 Å². The second-order valence-electron chi connectivity index (χ2n) is 10.4. The number of piperazine rings is 1. The molecule has 7 heterocycles. The highest BCUT2D eigenvalue weighted by atomic mass is 79.9. The molecule has 0 saturated carbocycles. The zero-order valence-corrected chi connectivity index (χ0v) is 24.1. The third kappa shape index (κ3) is 5.36. The molecule has 4 aromatic rings. The molecule has 3 saturated heterocycles. The Hall–Kier alpha value is -3.68. The van der Waals surface area contributed by atoms with E-state index in [1.165, 1.54) is 12.0 Å². The lowest BCUT2D eigenvalue weighted by Crippen LogP contribution is -2.68. The molecule has 0 aromatic carbocycles. The molecule has 0 spiro atoms. The van der Waals surface area contributed by atoms with Gasteiger partial charge in [-0.1, -0.05) is 22.0 Å². The fourth-order valence-electron chi connectivity index (χ4n) is 5.74. The molecule has 0 aliphatic carbocycles. The summed E-state index contributed by atoms with van der Waals surface area (Å²) in [4.78, 5) is 14.2. The summed E-state index contributed by atoms with van der Waals surface area (Å²) in [5.41, 5.74) is 4.34. The molecular formula is C30H32BrN7O2. The van der Waals surface area contributed by atoms with Gasteiger partial charge in [-0.05, 0) is 49.4 Å². The van der Waals surface area contributed by atoms with E-state index in [1.54, 1.807) is 17.8 Å². The summed E-state index contributed by atoms with van der Waals surface area (Å²) in [7, 11) is 1.64. The Bertz CT molecular complexity index is 1490. The van der Waals surface area contributed by atoms with Crippen LogP contribution >= 0.6 is 15.9 Å². The quantitative estimate of drug-likeness (QED) is 0.174. The molecule has 7 rings (SSSR count). The average Bonchev–Trinajstić information content (AvgIpc) is 3.43. The predicted octanol–water partition coefficient (Wildman–Crippen LogP) is 5.08. The summed E-state index contributed by atoms with van der Waals surface area (Å²) in [5.74, 6) is 2.36. The van der Waals surface area contributed by atoms with Crippen LogP contribution in [0.1, 0.15) is 36.8 Å². The number of halogens is 1. The Morgan fingerprint density at radius 3 is 2.62 bits per heavy atom. The molecule has 40 heavy (non-hydrogen) atoms. The minimum atomic E-state index is 0.510. The van der Waals surface area contributed by atoms with Gasteiger partial charge in [-0.3, -0.25) is 4.90 Å². The van der Waals surface area contributed by atoms with E-state index in [0.29, 0.717) is 30.1 Å². The molecule has 10 heteroatoms. The normalized spacial score (nSPS) is 18.4. The second kappa shape index (κ2) is 11.8. The average molecular weight is 603 g/mol. The van der Waals surface area contributed by atoms with Crippen molar-refractivity contribution in [2.45, 2.75) is 44.3 Å². The Morgan fingerprint density at radius 1 is 1.05 bits per heavy atom. The number of piperidine rings is 1. The molecule has 3 fully saturated rings. The van der Waals surface area contributed by atoms with Crippen LogP contribution in [0.2, 0.25) is 0 Å². The number of hydrogen-bond donors (Lipinski definition) is 0. The van der Waals surface area contributed by atoms with Gasteiger partial charge in [0.25, 0.3) is 0 Å². The van der Waals surface area contributed by atoms with Crippen molar-refractivity contribution >= 4 is 27.3 Å². The smallest absolute Gasteiger partial charge is 0.212 e. The van der Waals surface area contributed by atoms with Crippen LogP contribution in [0.15, 0.2) is 55.1 Å². The van der Waals surface area contributed by atoms with Crippen molar-refractivity contribution in [2.75, 3.05) is 37.0 Å². The topological polar surface area (TPSA) is 91.8 Å². The minimum absolute atomic E-state index is 0.510. The number of anilines is 1. The lowest BCUT2D eigenvalue weighted by Gasteiger charge is -2.56. The molecule has 0 radical (unpaired) electrons. The number of methoxy groups -OCH3 is 1. The lowest BCUT2D eigenvalue weighted by molar-refractivity contribution is -0.00876. The summed E-state index contributed by atoms with van der Waals surface area (Å²) < 4.78 is 13.0. The van der Waals surface area contributed by atoms with Crippen LogP contribution in [0.3, 0.4) is 0 Å². The number of alkyl halides is 1. The third-order valence-corrected chi connectivity index (χ3v) is 8.41. The molecule has 2 atom stereocenters. The Balaban J connectivity index is 1.16. The van der Waals surface area contributed by atoms with E-state index in [1.807, 2.05) is 30.7 Å². The van der Waals surface area contributed by atoms with Gasteiger partial charge in [0, 0.05) is 66.6 Å². The highest BCUT2D eigenvalue weighted by Gasteiger charge is 2.44. The first-order valence-corrected chi connectivity index (χ1v) is 14.8. The molecule has 4 aromatic heterocycles. The van der Waals surface area contributed by atoms with E-state index < -0.39 is 0 Å². The van der Waals surface area contributed by atoms with Crippen molar-refractivity contribution < 1.29 is 9.47 Å². The summed E-state index contributed by atoms with van der Waals surface area (Å²) in [6.07, 6.45) is 11.7. The Kier molecular flexibility index (Phi) is 7.84. The number of nitrogens with zero attached hydrogens (tertiary/aromatic N) is 7. The largest absolute Gasteiger partial charge is 0.492 e. The molecule has 3 aliphatic rings. The van der Waals surface area contributed by atoms with Crippen LogP contribution in [-0.2, 0) is 6.54 Å². The van der Waals surface area contributed by atoms with Crippen molar-refractivity contribution in [1.82, 2.24) is 24.5 Å². The summed E-state index contributed by atoms with van der Waals surface area (Å²) in [6.45, 7) is 3.46. The van der Waals surface area contributed by atoms with Crippen molar-refractivity contribution in [3.8, 4) is 28.8 Å². The maximum absolute atomic E-state index is 9.70. The fourth-order valence-corrected chi connectivity index (χ4v) is 6.14. The number of rotatable bonds is 11. The number of aromatic nitrogens is 4. The molecular weight excluding hydrogens is 570 g/mol. The van der Waals surface area contributed by atoms with Crippen LogP contribution in [-0.4, -0.2) is 68.7 Å². The van der Waals surface area contributed by atoms with Gasteiger partial charge < -0.3 is 14.4 Å². The van der Waals surface area contributed by atoms with E-state index in [4.69, 9.17) is 14.5 Å². The van der Waals surface area contributed by atoms with E-state index in [0.717, 1.165) is 72.4 Å². The first-order chi connectivity index (χ1) is 19.7. The summed E-state index contributed by atoms with van der Waals surface area (Å²) in [6, 6.07) is 13.5. The molecule has 206 valence electrons. The first kappa shape index (κ1) is 26.5. The van der Waals surface area contributed by atoms with Crippen molar-refractivity contribution in [2.24, 2.45) is 0 Å². The standard InChI is InChI=1S/C30H32BrN7O2/c1-39-29-8-5-21(14-34-29)17-37-24-11-25(37)19-36(18-24)28-7-6-22(15-33-28)27-12-26(40-10-4-2-3-9-31)20-38-30(27)23(13-32)16-35-38/h5-8,12,14-16,20,24-25H,2-4,9-11,17-19H2,1H3. The van der Waals surface area contributed by atoms with Crippen LogP contribution in [0.4, 0.5) is 5.82 Å². The van der Waals surface area contributed by atoms with E-state index in [9.17, 15) is 5.26 Å². The van der Waals surface area contributed by atoms with Crippen molar-refractivity contribution in [3.63, 3.8) is 0 Å². The number of unbranched alkanes of at least 4 members (excludes halogenated alkanes) is 2. The lowest BCUT2D eigenvalue weighted by atomic mass is 9.87. The highest BCUT2D eigenvalue weighted by Crippen LogP contribution is 2.36. The van der Waals surface area contributed by atoms with Crippen molar-refractivity contribution in [1.29, 1.82) is 5.26 Å². The first-order valence-electron chi connectivity index (χ1n) is 13.7. The van der Waals surface area contributed by atoms with Crippen LogP contribution in [0.5, 0.6) is 11.6 Å². The van der Waals surface area contributed by atoms with Crippen LogP contribution in [0.25, 0.3) is 16.6 Å². The molecule has 0 N–H and O–H groups in total. The predicted molar refractivity (Wildman–Crippen MR) is 157 cm³/mol. The molecule has 3 aliphatic heterocycles. The highest BCUT2D eigenvalue weighted by molar-refractivity contribution is 9.09. The zero-order valence-electron chi connectivity index (χ0n) is 22.5. The zero-order chi connectivity index (χ0) is 27.5. The number of nitriles is 1. The van der Waals surface area contributed by atoms with Crippen molar-refractivity contribution in [3.05, 3.63) is 66.2 Å². The SMILES string of the molecule is COc1ccc(CN2C3CC2CN(c2ccc(-c4cc(OCCCCCBr)cn5ncc(C#N)c45)cn2)C3)cn1. The van der Waals surface area contributed by atoms with Gasteiger partial charge in [0.1, 0.15) is 17.6 Å². The number of pyridine rings is 3. The molecule has 2 bridgehead atoms. The Labute approximate surface area is 242 Å². The van der Waals surface area contributed by atoms with Gasteiger partial charge in [0.15, 0.2) is 0 Å². The van der Waals surface area contributed by atoms with E-state index in [2.05, 4.69) is 60.1 Å². The van der Waals surface area contributed by atoms with Gasteiger partial charge in [0.05, 0.1) is 37.2 Å². The van der Waals surface area contributed by atoms with Crippen LogP contribution in [0, 0.1) is 11.3 Å². The summed E-state index contributed by atoms with van der Waals surface area (Å²) >= 11 is 3.48. The van der Waals surface area contributed by atoms with Gasteiger partial charge in [-0.2, -0.15) is 10.4 Å². The number of fused-ring (bicyclic) bond motifs is 3. The van der Waals surface area contributed by atoms with Crippen LogP contribution < -0.4 is 14.4 Å². The maximum atomic E-state index is 9.70. The number of ether oxygens (including phenoxy) is 2. The van der Waals surface area contributed by atoms with E-state index in [-0.39, 0.29) is 0 Å². The second-order valence-corrected chi connectivity index (χ2v) is 11.2. The number of hydrogen-bond acceptors (Lipinski definition) is 8. The third-order valence-electron chi connectivity index (χ3n) is 7.85. The van der Waals surface area contributed by atoms with Gasteiger partial charge in [-0.15, -0.1) is 0 Å². The fraction of sp³-hybridized carbons (Fsp3) is 0.400. The van der Waals surface area contributed by atoms with Gasteiger partial charge in [-0.25, -0.2) is 14.5 Å². The monoisotopic (exact) mass is 601 g/mol. The molecule has 2 unspecified atom stereocenters. The van der Waals surface area contributed by atoms with E-state index >= 15 is 0 Å². The maximum Gasteiger partial charge on any atom is 0.212 e. The Morgan fingerprint density at radius 2 is 1.93 bits per heavy atom.